The molecule has 5 heteroatoms. The lowest BCUT2D eigenvalue weighted by atomic mass is 10.2. The summed E-state index contributed by atoms with van der Waals surface area (Å²) >= 11 is 0. The van der Waals surface area contributed by atoms with Gasteiger partial charge in [0.2, 0.25) is 5.95 Å². The lowest BCUT2D eigenvalue weighted by Gasteiger charge is -2.20. The summed E-state index contributed by atoms with van der Waals surface area (Å²) in [6.07, 6.45) is 6.50. The Kier molecular flexibility index (Phi) is 4.71. The Morgan fingerprint density at radius 1 is 1.32 bits per heavy atom. The average Bonchev–Trinajstić information content (AvgIpc) is 2.67. The Morgan fingerprint density at radius 3 is 2.58 bits per heavy atom. The molecule has 0 saturated carbocycles. The molecule has 1 saturated heterocycles. The topological polar surface area (TPSA) is 55.3 Å². The molecule has 1 aliphatic heterocycles. The van der Waals surface area contributed by atoms with Crippen molar-refractivity contribution in [2.24, 2.45) is 0 Å². The Hall–Kier alpha value is -1.65. The number of ether oxygens (including phenoxy) is 1. The molecule has 0 aliphatic carbocycles. The SMILES string of the molecule is CCOC(=O)c1cnc(N2CCCCCC2)nc1C. The van der Waals surface area contributed by atoms with Crippen LogP contribution in [0.5, 0.6) is 0 Å². The van der Waals surface area contributed by atoms with Gasteiger partial charge in [-0.2, -0.15) is 0 Å². The van der Waals surface area contributed by atoms with Gasteiger partial charge < -0.3 is 9.64 Å². The molecule has 2 heterocycles. The van der Waals surface area contributed by atoms with Gasteiger partial charge >= 0.3 is 5.97 Å². The smallest absolute Gasteiger partial charge is 0.341 e. The zero-order chi connectivity index (χ0) is 13.7. The Bertz CT molecular complexity index is 440. The minimum atomic E-state index is -0.345. The van der Waals surface area contributed by atoms with E-state index in [1.54, 1.807) is 13.1 Å². The summed E-state index contributed by atoms with van der Waals surface area (Å²) in [5.41, 5.74) is 1.15. The van der Waals surface area contributed by atoms with Crippen LogP contribution in [0, 0.1) is 6.92 Å². The molecule has 0 radical (unpaired) electrons. The number of rotatable bonds is 3. The summed E-state index contributed by atoms with van der Waals surface area (Å²) in [6.45, 7) is 5.98. The van der Waals surface area contributed by atoms with E-state index in [9.17, 15) is 4.79 Å². The monoisotopic (exact) mass is 263 g/mol. The van der Waals surface area contributed by atoms with Crippen LogP contribution < -0.4 is 4.90 Å². The van der Waals surface area contributed by atoms with Crippen molar-refractivity contribution in [3.63, 3.8) is 0 Å². The summed E-state index contributed by atoms with van der Waals surface area (Å²) in [6, 6.07) is 0. The molecule has 0 unspecified atom stereocenters. The van der Waals surface area contributed by atoms with Crippen molar-refractivity contribution in [1.29, 1.82) is 0 Å². The first-order chi connectivity index (χ1) is 9.22. The van der Waals surface area contributed by atoms with Gasteiger partial charge in [0.15, 0.2) is 0 Å². The van der Waals surface area contributed by atoms with Gasteiger partial charge in [0, 0.05) is 19.3 Å². The molecule has 5 nitrogen and oxygen atoms in total. The van der Waals surface area contributed by atoms with Crippen LogP contribution in [0.3, 0.4) is 0 Å². The van der Waals surface area contributed by atoms with Crippen LogP contribution in [0.25, 0.3) is 0 Å². The predicted octanol–water partition coefficient (Wildman–Crippen LogP) is 2.34. The Balaban J connectivity index is 2.15. The normalized spacial score (nSPS) is 16.0. The van der Waals surface area contributed by atoms with Crippen molar-refractivity contribution in [3.8, 4) is 0 Å². The van der Waals surface area contributed by atoms with E-state index >= 15 is 0 Å². The van der Waals surface area contributed by atoms with Crippen LogP contribution in [0.4, 0.5) is 5.95 Å². The van der Waals surface area contributed by atoms with Crippen LogP contribution in [0.15, 0.2) is 6.20 Å². The largest absolute Gasteiger partial charge is 0.462 e. The average molecular weight is 263 g/mol. The summed E-state index contributed by atoms with van der Waals surface area (Å²) in [7, 11) is 0. The van der Waals surface area contributed by atoms with Crippen molar-refractivity contribution < 1.29 is 9.53 Å². The zero-order valence-corrected chi connectivity index (χ0v) is 11.7. The summed E-state index contributed by atoms with van der Waals surface area (Å²) in [5, 5.41) is 0. The quantitative estimate of drug-likeness (QED) is 0.783. The lowest BCUT2D eigenvalue weighted by Crippen LogP contribution is -2.26. The number of hydrogen-bond acceptors (Lipinski definition) is 5. The molecule has 1 fully saturated rings. The van der Waals surface area contributed by atoms with E-state index in [1.807, 2.05) is 6.92 Å². The maximum Gasteiger partial charge on any atom is 0.341 e. The summed E-state index contributed by atoms with van der Waals surface area (Å²) in [5.74, 6) is 0.384. The second-order valence-electron chi connectivity index (χ2n) is 4.79. The third-order valence-electron chi connectivity index (χ3n) is 3.35. The molecule has 0 atom stereocenters. The van der Waals surface area contributed by atoms with Crippen molar-refractivity contribution in [2.75, 3.05) is 24.6 Å². The van der Waals surface area contributed by atoms with E-state index < -0.39 is 0 Å². The van der Waals surface area contributed by atoms with E-state index in [2.05, 4.69) is 14.9 Å². The van der Waals surface area contributed by atoms with Gasteiger partial charge in [-0.05, 0) is 26.7 Å². The Morgan fingerprint density at radius 2 is 2.00 bits per heavy atom. The molecule has 1 aromatic heterocycles. The number of aryl methyl sites for hydroxylation is 1. The van der Waals surface area contributed by atoms with Crippen LogP contribution in [0.2, 0.25) is 0 Å². The summed E-state index contributed by atoms with van der Waals surface area (Å²) < 4.78 is 4.98. The first-order valence-corrected chi connectivity index (χ1v) is 6.98. The molecule has 1 aromatic rings. The first-order valence-electron chi connectivity index (χ1n) is 6.98. The van der Waals surface area contributed by atoms with Crippen LogP contribution in [0.1, 0.15) is 48.7 Å². The second kappa shape index (κ2) is 6.50. The van der Waals surface area contributed by atoms with Crippen molar-refractivity contribution in [1.82, 2.24) is 9.97 Å². The highest BCUT2D eigenvalue weighted by atomic mass is 16.5. The number of nitrogens with zero attached hydrogens (tertiary/aromatic N) is 3. The molecule has 19 heavy (non-hydrogen) atoms. The minimum Gasteiger partial charge on any atom is -0.462 e. The standard InChI is InChI=1S/C14H21N3O2/c1-3-19-13(18)12-10-15-14(16-11(12)2)17-8-6-4-5-7-9-17/h10H,3-9H2,1-2H3. The number of esters is 1. The first kappa shape index (κ1) is 13.8. The second-order valence-corrected chi connectivity index (χ2v) is 4.79. The summed E-state index contributed by atoms with van der Waals surface area (Å²) in [4.78, 5) is 22.7. The van der Waals surface area contributed by atoms with Crippen LogP contribution in [-0.4, -0.2) is 35.6 Å². The third-order valence-corrected chi connectivity index (χ3v) is 3.35. The molecule has 0 N–H and O–H groups in total. The molecule has 0 spiro atoms. The van der Waals surface area contributed by atoms with Crippen molar-refractivity contribution in [2.45, 2.75) is 39.5 Å². The lowest BCUT2D eigenvalue weighted by molar-refractivity contribution is 0.0524. The molecule has 1 aliphatic rings. The van der Waals surface area contributed by atoms with Crippen LogP contribution in [-0.2, 0) is 4.74 Å². The molecule has 0 bridgehead atoms. The number of hydrogen-bond donors (Lipinski definition) is 0. The van der Waals surface area contributed by atoms with E-state index in [0.29, 0.717) is 17.9 Å². The number of aromatic nitrogens is 2. The molecule has 104 valence electrons. The molecule has 0 aromatic carbocycles. The van der Waals surface area contributed by atoms with E-state index in [0.717, 1.165) is 19.0 Å². The predicted molar refractivity (Wildman–Crippen MR) is 73.4 cm³/mol. The van der Waals surface area contributed by atoms with Gasteiger partial charge in [-0.1, -0.05) is 12.8 Å². The highest BCUT2D eigenvalue weighted by Crippen LogP contribution is 2.17. The molecule has 2 rings (SSSR count). The number of anilines is 1. The van der Waals surface area contributed by atoms with Gasteiger partial charge in [0.25, 0.3) is 0 Å². The van der Waals surface area contributed by atoms with Gasteiger partial charge in [0.1, 0.15) is 0 Å². The van der Waals surface area contributed by atoms with Crippen LogP contribution >= 0.6 is 0 Å². The van der Waals surface area contributed by atoms with Gasteiger partial charge in [-0.15, -0.1) is 0 Å². The van der Waals surface area contributed by atoms with Gasteiger partial charge in [-0.3, -0.25) is 0 Å². The van der Waals surface area contributed by atoms with E-state index in [1.165, 1.54) is 25.7 Å². The van der Waals surface area contributed by atoms with Gasteiger partial charge in [0.05, 0.1) is 17.9 Å². The molecular formula is C14H21N3O2. The van der Waals surface area contributed by atoms with Crippen molar-refractivity contribution >= 4 is 11.9 Å². The van der Waals surface area contributed by atoms with E-state index in [4.69, 9.17) is 4.74 Å². The van der Waals surface area contributed by atoms with E-state index in [-0.39, 0.29) is 5.97 Å². The number of carbonyl (C=O) groups is 1. The minimum absolute atomic E-state index is 0.345. The highest BCUT2D eigenvalue weighted by Gasteiger charge is 2.16. The van der Waals surface area contributed by atoms with Crippen molar-refractivity contribution in [3.05, 3.63) is 17.5 Å². The molecular weight excluding hydrogens is 242 g/mol. The molecule has 0 amide bonds. The Labute approximate surface area is 114 Å². The fraction of sp³-hybridized carbons (Fsp3) is 0.643. The maximum atomic E-state index is 11.7. The third kappa shape index (κ3) is 3.43. The highest BCUT2D eigenvalue weighted by molar-refractivity contribution is 5.90. The fourth-order valence-electron chi connectivity index (χ4n) is 2.29. The number of carbonyl (C=O) groups excluding carboxylic acids is 1. The van der Waals surface area contributed by atoms with Gasteiger partial charge in [-0.25, -0.2) is 14.8 Å². The zero-order valence-electron chi connectivity index (χ0n) is 11.7. The maximum absolute atomic E-state index is 11.7. The fourth-order valence-corrected chi connectivity index (χ4v) is 2.29.